The molecule has 3 aromatic rings. The minimum absolute atomic E-state index is 0. The van der Waals surface area contributed by atoms with Gasteiger partial charge in [-0.15, -0.1) is 12.4 Å². The monoisotopic (exact) mass is 319 g/mol. The van der Waals surface area contributed by atoms with E-state index in [0.717, 1.165) is 27.8 Å². The van der Waals surface area contributed by atoms with Crippen molar-refractivity contribution in [3.8, 4) is 11.3 Å². The topological polar surface area (TPSA) is 50.3 Å². The third kappa shape index (κ3) is 3.26. The molecular weight excluding hydrogens is 305 g/mol. The van der Waals surface area contributed by atoms with Crippen molar-refractivity contribution in [2.45, 2.75) is 6.92 Å². The van der Waals surface area contributed by atoms with E-state index in [1.54, 1.807) is 12.1 Å². The SMILES string of the molecule is CCOC=Nc1ccc2[nH]nc(-c3ccc(F)cc3)c2c1.Cl. The molecule has 0 saturated carbocycles. The Bertz CT molecular complexity index is 784. The first-order chi connectivity index (χ1) is 10.3. The van der Waals surface area contributed by atoms with Crippen molar-refractivity contribution in [3.05, 3.63) is 48.3 Å². The fraction of sp³-hybridized carbons (Fsp3) is 0.125. The molecule has 0 spiro atoms. The molecule has 0 bridgehead atoms. The average Bonchev–Trinajstić information content (AvgIpc) is 2.92. The molecule has 2 aromatic carbocycles. The minimum atomic E-state index is -0.263. The summed E-state index contributed by atoms with van der Waals surface area (Å²) in [6.45, 7) is 2.48. The molecule has 6 heteroatoms. The molecule has 0 aliphatic carbocycles. The van der Waals surface area contributed by atoms with Gasteiger partial charge in [-0.05, 0) is 49.4 Å². The van der Waals surface area contributed by atoms with Gasteiger partial charge in [-0.25, -0.2) is 9.38 Å². The summed E-state index contributed by atoms with van der Waals surface area (Å²) in [5.41, 5.74) is 3.32. The third-order valence-electron chi connectivity index (χ3n) is 3.11. The van der Waals surface area contributed by atoms with Crippen LogP contribution < -0.4 is 0 Å². The molecule has 0 aliphatic rings. The second-order valence-corrected chi connectivity index (χ2v) is 4.50. The molecule has 1 aromatic heterocycles. The number of hydrogen-bond acceptors (Lipinski definition) is 3. The number of hydrogen-bond donors (Lipinski definition) is 1. The summed E-state index contributed by atoms with van der Waals surface area (Å²) in [6.07, 6.45) is 1.43. The number of rotatable bonds is 4. The Morgan fingerprint density at radius 3 is 2.73 bits per heavy atom. The first-order valence-electron chi connectivity index (χ1n) is 6.66. The number of ether oxygens (including phenoxy) is 1. The number of benzene rings is 2. The summed E-state index contributed by atoms with van der Waals surface area (Å²) in [5, 5.41) is 8.21. The van der Waals surface area contributed by atoms with E-state index >= 15 is 0 Å². The second-order valence-electron chi connectivity index (χ2n) is 4.50. The van der Waals surface area contributed by atoms with Gasteiger partial charge in [0.15, 0.2) is 6.40 Å². The van der Waals surface area contributed by atoms with E-state index in [1.807, 2.05) is 25.1 Å². The van der Waals surface area contributed by atoms with E-state index in [1.165, 1.54) is 18.5 Å². The number of nitrogens with one attached hydrogen (secondary N) is 1. The van der Waals surface area contributed by atoms with Gasteiger partial charge >= 0.3 is 0 Å². The van der Waals surface area contributed by atoms with Gasteiger partial charge in [-0.2, -0.15) is 5.10 Å². The molecule has 1 heterocycles. The standard InChI is InChI=1S/C16H14FN3O.ClH/c1-2-21-10-18-13-7-8-15-14(9-13)16(20-19-15)11-3-5-12(17)6-4-11;/h3-10H,2H2,1H3,(H,19,20);1H. The Hall–Kier alpha value is -2.40. The molecule has 4 nitrogen and oxygen atoms in total. The number of aromatic nitrogens is 2. The van der Waals surface area contributed by atoms with Crippen LogP contribution in [0.25, 0.3) is 22.2 Å². The van der Waals surface area contributed by atoms with E-state index in [2.05, 4.69) is 15.2 Å². The molecule has 3 rings (SSSR count). The predicted molar refractivity (Wildman–Crippen MR) is 88.5 cm³/mol. The molecule has 1 N–H and O–H groups in total. The van der Waals surface area contributed by atoms with Crippen LogP contribution in [0.5, 0.6) is 0 Å². The summed E-state index contributed by atoms with van der Waals surface area (Å²) in [6, 6.07) is 12.0. The zero-order chi connectivity index (χ0) is 14.7. The van der Waals surface area contributed by atoms with Crippen LogP contribution in [0.2, 0.25) is 0 Å². The van der Waals surface area contributed by atoms with Crippen LogP contribution in [-0.2, 0) is 4.74 Å². The summed E-state index contributed by atoms with van der Waals surface area (Å²) < 4.78 is 18.1. The summed E-state index contributed by atoms with van der Waals surface area (Å²) in [5.74, 6) is -0.263. The van der Waals surface area contributed by atoms with Crippen molar-refractivity contribution in [2.75, 3.05) is 6.61 Å². The highest BCUT2D eigenvalue weighted by atomic mass is 35.5. The average molecular weight is 320 g/mol. The second kappa shape index (κ2) is 7.04. The fourth-order valence-electron chi connectivity index (χ4n) is 2.08. The van der Waals surface area contributed by atoms with Crippen molar-refractivity contribution < 1.29 is 9.13 Å². The first-order valence-corrected chi connectivity index (χ1v) is 6.66. The number of fused-ring (bicyclic) bond motifs is 1. The first kappa shape index (κ1) is 16.0. The van der Waals surface area contributed by atoms with Crippen LogP contribution >= 0.6 is 12.4 Å². The van der Waals surface area contributed by atoms with Crippen LogP contribution in [0, 0.1) is 5.82 Å². The van der Waals surface area contributed by atoms with E-state index in [-0.39, 0.29) is 18.2 Å². The van der Waals surface area contributed by atoms with Gasteiger partial charge in [0, 0.05) is 10.9 Å². The van der Waals surface area contributed by atoms with Crippen LogP contribution in [0.1, 0.15) is 6.92 Å². The summed E-state index contributed by atoms with van der Waals surface area (Å²) in [7, 11) is 0. The van der Waals surface area contributed by atoms with Gasteiger partial charge in [0.2, 0.25) is 0 Å². The third-order valence-corrected chi connectivity index (χ3v) is 3.11. The van der Waals surface area contributed by atoms with Gasteiger partial charge < -0.3 is 4.74 Å². The fourth-order valence-corrected chi connectivity index (χ4v) is 2.08. The van der Waals surface area contributed by atoms with Gasteiger partial charge in [0.1, 0.15) is 5.82 Å². The molecule has 0 aliphatic heterocycles. The lowest BCUT2D eigenvalue weighted by molar-refractivity contribution is 0.344. The summed E-state index contributed by atoms with van der Waals surface area (Å²) >= 11 is 0. The Kier molecular flexibility index (Phi) is 5.12. The number of H-pyrrole nitrogens is 1. The van der Waals surface area contributed by atoms with E-state index in [4.69, 9.17) is 4.74 Å². The molecule has 114 valence electrons. The molecule has 0 radical (unpaired) electrons. The smallest absolute Gasteiger partial charge is 0.174 e. The Morgan fingerprint density at radius 1 is 1.23 bits per heavy atom. The van der Waals surface area contributed by atoms with Crippen molar-refractivity contribution in [3.63, 3.8) is 0 Å². The highest BCUT2D eigenvalue weighted by Crippen LogP contribution is 2.29. The van der Waals surface area contributed by atoms with Crippen LogP contribution in [-0.4, -0.2) is 23.2 Å². The van der Waals surface area contributed by atoms with Gasteiger partial charge in [-0.1, -0.05) is 0 Å². The van der Waals surface area contributed by atoms with Gasteiger partial charge in [-0.3, -0.25) is 5.10 Å². The molecule has 0 amide bonds. The van der Waals surface area contributed by atoms with Crippen LogP contribution in [0.4, 0.5) is 10.1 Å². The number of aliphatic imine (C=N–C) groups is 1. The maximum absolute atomic E-state index is 13.0. The van der Waals surface area contributed by atoms with Crippen LogP contribution in [0.3, 0.4) is 0 Å². The maximum Gasteiger partial charge on any atom is 0.174 e. The van der Waals surface area contributed by atoms with E-state index in [9.17, 15) is 4.39 Å². The molecular formula is C16H15ClFN3O. The Labute approximate surface area is 133 Å². The maximum atomic E-state index is 13.0. The normalized spacial score (nSPS) is 10.8. The molecule has 0 fully saturated rings. The molecule has 22 heavy (non-hydrogen) atoms. The lowest BCUT2D eigenvalue weighted by atomic mass is 10.1. The molecule has 0 unspecified atom stereocenters. The van der Waals surface area contributed by atoms with E-state index in [0.29, 0.717) is 6.61 Å². The van der Waals surface area contributed by atoms with Crippen molar-refractivity contribution in [1.82, 2.24) is 10.2 Å². The zero-order valence-electron chi connectivity index (χ0n) is 11.9. The largest absolute Gasteiger partial charge is 0.483 e. The van der Waals surface area contributed by atoms with Crippen molar-refractivity contribution in [1.29, 1.82) is 0 Å². The van der Waals surface area contributed by atoms with Crippen LogP contribution in [0.15, 0.2) is 47.5 Å². The Morgan fingerprint density at radius 2 is 2.00 bits per heavy atom. The molecule has 0 atom stereocenters. The van der Waals surface area contributed by atoms with Crippen molar-refractivity contribution >= 4 is 35.4 Å². The quantitative estimate of drug-likeness (QED) is 0.569. The van der Waals surface area contributed by atoms with Gasteiger partial charge in [0.25, 0.3) is 0 Å². The van der Waals surface area contributed by atoms with Gasteiger partial charge in [0.05, 0.1) is 23.5 Å². The number of nitrogens with zero attached hydrogens (tertiary/aromatic N) is 2. The summed E-state index contributed by atoms with van der Waals surface area (Å²) in [4.78, 5) is 4.23. The minimum Gasteiger partial charge on any atom is -0.483 e. The Balaban J connectivity index is 0.00000176. The molecule has 0 saturated heterocycles. The zero-order valence-corrected chi connectivity index (χ0v) is 12.7. The lowest BCUT2D eigenvalue weighted by Gasteiger charge is -1.99. The number of aromatic amines is 1. The predicted octanol–water partition coefficient (Wildman–Crippen LogP) is 4.49. The lowest BCUT2D eigenvalue weighted by Crippen LogP contribution is -1.83. The highest BCUT2D eigenvalue weighted by Gasteiger charge is 2.08. The van der Waals surface area contributed by atoms with E-state index < -0.39 is 0 Å². The number of halogens is 2. The van der Waals surface area contributed by atoms with Crippen molar-refractivity contribution in [2.24, 2.45) is 4.99 Å². The highest BCUT2D eigenvalue weighted by molar-refractivity contribution is 5.94.